The number of anilines is 3. The summed E-state index contributed by atoms with van der Waals surface area (Å²) in [6.07, 6.45) is 0. The number of hydrogen-bond donors (Lipinski definition) is 0. The molecule has 5 heteroatoms. The standard InChI is InChI=1S/C78H48BN3O/c1-5-19-49(20-6-1)52-35-39-54(40-36-52)58-29-17-30-59(55-41-37-53(38-42-55)50-21-7-2-8-22-50)77(58)82-69-47-63-60-27-14-16-34-72(60)83-73(63)48-65(69)79-64-32-18-31-62-75-68(81(78(62)64)70-45-56(46-71(82)76(70)79)51-23-9-3-10-24-51)44-43-67-74(75)61-28-13-15-33-66(61)80(67)57-25-11-4-12-26-57/h1-48H. The largest absolute Gasteiger partial charge is 0.456 e. The van der Waals surface area contributed by atoms with E-state index in [9.17, 15) is 0 Å². The van der Waals surface area contributed by atoms with E-state index in [0.29, 0.717) is 0 Å². The van der Waals surface area contributed by atoms with Crippen molar-refractivity contribution >= 4 is 106 Å². The molecule has 0 bridgehead atoms. The van der Waals surface area contributed by atoms with Crippen LogP contribution in [-0.2, 0) is 0 Å². The number of furan rings is 1. The minimum absolute atomic E-state index is 0.152. The zero-order chi connectivity index (χ0) is 54.3. The zero-order valence-electron chi connectivity index (χ0n) is 45.0. The molecule has 0 aliphatic carbocycles. The predicted molar refractivity (Wildman–Crippen MR) is 349 cm³/mol. The summed E-state index contributed by atoms with van der Waals surface area (Å²) < 4.78 is 12.0. The molecule has 83 heavy (non-hydrogen) atoms. The summed E-state index contributed by atoms with van der Waals surface area (Å²) in [6, 6.07) is 108. The Morgan fingerprint density at radius 1 is 0.289 bits per heavy atom. The van der Waals surface area contributed by atoms with Crippen LogP contribution in [0.4, 0.5) is 17.1 Å². The Balaban J connectivity index is 0.984. The number of para-hydroxylation sites is 5. The van der Waals surface area contributed by atoms with Crippen LogP contribution < -0.4 is 21.3 Å². The van der Waals surface area contributed by atoms with Crippen LogP contribution in [0.3, 0.4) is 0 Å². The van der Waals surface area contributed by atoms with Gasteiger partial charge in [-0.05, 0) is 122 Å². The summed E-state index contributed by atoms with van der Waals surface area (Å²) in [5.74, 6) is 0. The lowest BCUT2D eigenvalue weighted by atomic mass is 9.33. The molecule has 2 aliphatic heterocycles. The van der Waals surface area contributed by atoms with Gasteiger partial charge in [0.15, 0.2) is 0 Å². The van der Waals surface area contributed by atoms with Crippen molar-refractivity contribution in [3.05, 3.63) is 291 Å². The van der Waals surface area contributed by atoms with Crippen molar-refractivity contribution in [3.63, 3.8) is 0 Å². The number of nitrogens with zero attached hydrogens (tertiary/aromatic N) is 3. The van der Waals surface area contributed by atoms with Crippen molar-refractivity contribution in [2.24, 2.45) is 0 Å². The molecule has 5 heterocycles. The molecular weight excluding hydrogens is 1010 g/mol. The molecule has 0 fully saturated rings. The van der Waals surface area contributed by atoms with Gasteiger partial charge in [0.2, 0.25) is 0 Å². The number of hydrogen-bond acceptors (Lipinski definition) is 2. The highest BCUT2D eigenvalue weighted by atomic mass is 16.3. The Hall–Kier alpha value is -10.9. The first-order chi connectivity index (χ1) is 41.2. The van der Waals surface area contributed by atoms with Gasteiger partial charge in [-0.3, -0.25) is 0 Å². The Morgan fingerprint density at radius 3 is 1.46 bits per heavy atom. The third kappa shape index (κ3) is 6.77. The third-order valence-electron chi connectivity index (χ3n) is 17.9. The summed E-state index contributed by atoms with van der Waals surface area (Å²) in [7, 11) is 0. The van der Waals surface area contributed by atoms with Gasteiger partial charge in [0.1, 0.15) is 11.2 Å². The molecule has 4 nitrogen and oxygen atoms in total. The van der Waals surface area contributed by atoms with E-state index < -0.39 is 0 Å². The topological polar surface area (TPSA) is 26.2 Å². The summed E-state index contributed by atoms with van der Waals surface area (Å²) in [6.45, 7) is -0.152. The quantitative estimate of drug-likeness (QED) is 0.149. The maximum atomic E-state index is 6.94. The van der Waals surface area contributed by atoms with E-state index >= 15 is 0 Å². The number of benzene rings is 13. The molecule has 0 spiro atoms. The van der Waals surface area contributed by atoms with Crippen LogP contribution in [0.2, 0.25) is 0 Å². The van der Waals surface area contributed by atoms with Gasteiger partial charge in [-0.25, -0.2) is 0 Å². The van der Waals surface area contributed by atoms with Crippen molar-refractivity contribution in [2.75, 3.05) is 4.90 Å². The first-order valence-electron chi connectivity index (χ1n) is 28.7. The minimum Gasteiger partial charge on any atom is -0.456 e. The molecule has 16 aromatic rings. The molecule has 384 valence electrons. The van der Waals surface area contributed by atoms with Gasteiger partial charge in [-0.2, -0.15) is 0 Å². The average molecular weight is 1050 g/mol. The summed E-state index contributed by atoms with van der Waals surface area (Å²) in [4.78, 5) is 2.64. The van der Waals surface area contributed by atoms with Crippen LogP contribution in [-0.4, -0.2) is 15.8 Å². The van der Waals surface area contributed by atoms with Crippen molar-refractivity contribution in [2.45, 2.75) is 0 Å². The zero-order valence-corrected chi connectivity index (χ0v) is 45.0. The van der Waals surface area contributed by atoms with E-state index in [-0.39, 0.29) is 6.71 Å². The lowest BCUT2D eigenvalue weighted by Crippen LogP contribution is -2.60. The van der Waals surface area contributed by atoms with E-state index in [1.165, 1.54) is 87.9 Å². The first-order valence-corrected chi connectivity index (χ1v) is 28.7. The predicted octanol–water partition coefficient (Wildman–Crippen LogP) is 18.7. The van der Waals surface area contributed by atoms with Crippen molar-refractivity contribution < 1.29 is 4.42 Å². The first kappa shape index (κ1) is 45.9. The highest BCUT2D eigenvalue weighted by Crippen LogP contribution is 2.52. The molecule has 0 N–H and O–H groups in total. The molecule has 0 saturated heterocycles. The second-order valence-corrected chi connectivity index (χ2v) is 22.3. The summed E-state index contributed by atoms with van der Waals surface area (Å²) in [5, 5.41) is 7.20. The molecule has 0 amide bonds. The molecule has 0 unspecified atom stereocenters. The fraction of sp³-hybridized carbons (Fsp3) is 0. The normalized spacial score (nSPS) is 12.5. The molecule has 2 aliphatic rings. The highest BCUT2D eigenvalue weighted by molar-refractivity contribution is 7.00. The Bertz CT molecular complexity index is 5190. The van der Waals surface area contributed by atoms with Gasteiger partial charge in [-0.15, -0.1) is 0 Å². The van der Waals surface area contributed by atoms with Crippen molar-refractivity contribution in [1.29, 1.82) is 0 Å². The number of rotatable bonds is 7. The van der Waals surface area contributed by atoms with Crippen molar-refractivity contribution in [3.8, 4) is 67.0 Å². The lowest BCUT2D eigenvalue weighted by Gasteiger charge is -2.42. The van der Waals surface area contributed by atoms with Crippen molar-refractivity contribution in [1.82, 2.24) is 9.13 Å². The van der Waals surface area contributed by atoms with Crippen LogP contribution >= 0.6 is 0 Å². The third-order valence-corrected chi connectivity index (χ3v) is 17.9. The monoisotopic (exact) mass is 1050 g/mol. The molecule has 18 rings (SSSR count). The van der Waals surface area contributed by atoms with Crippen LogP contribution in [0.25, 0.3) is 133 Å². The molecule has 0 radical (unpaired) electrons. The van der Waals surface area contributed by atoms with E-state index in [4.69, 9.17) is 4.42 Å². The second kappa shape index (κ2) is 17.8. The van der Waals surface area contributed by atoms with E-state index in [0.717, 1.165) is 78.1 Å². The Kier molecular flexibility index (Phi) is 9.86. The lowest BCUT2D eigenvalue weighted by molar-refractivity contribution is 0.669. The summed E-state index contributed by atoms with van der Waals surface area (Å²) >= 11 is 0. The van der Waals surface area contributed by atoms with E-state index in [1.54, 1.807) is 0 Å². The van der Waals surface area contributed by atoms with Gasteiger partial charge in [0.25, 0.3) is 6.71 Å². The molecular formula is C78H48BN3O. The van der Waals surface area contributed by atoms with E-state index in [2.05, 4.69) is 305 Å². The molecule has 13 aromatic carbocycles. The Morgan fingerprint density at radius 2 is 0.795 bits per heavy atom. The SMILES string of the molecule is c1ccc(-c2ccc(-c3cccc(-c4ccc(-c5ccccc5)cc4)c3N3c4cc5c(cc4B4c6c3cc(-c3ccccc3)cc6-n3c6ccc7c(c8ccccc8n7-c7ccccc7)c6c6cccc4c63)oc3ccccc35)cc2)cc1. The maximum Gasteiger partial charge on any atom is 0.252 e. The van der Waals surface area contributed by atoms with Crippen LogP contribution in [0.1, 0.15) is 0 Å². The van der Waals surface area contributed by atoms with E-state index in [1.807, 2.05) is 0 Å². The number of fused-ring (bicyclic) bond motifs is 14. The fourth-order valence-electron chi connectivity index (χ4n) is 14.3. The van der Waals surface area contributed by atoms with Crippen LogP contribution in [0.5, 0.6) is 0 Å². The maximum absolute atomic E-state index is 6.94. The highest BCUT2D eigenvalue weighted by Gasteiger charge is 2.44. The van der Waals surface area contributed by atoms with Gasteiger partial charge >= 0.3 is 0 Å². The minimum atomic E-state index is -0.152. The van der Waals surface area contributed by atoms with Gasteiger partial charge in [0, 0.05) is 71.7 Å². The van der Waals surface area contributed by atoms with Gasteiger partial charge < -0.3 is 18.5 Å². The summed E-state index contributed by atoms with van der Waals surface area (Å²) in [5.41, 5.74) is 27.6. The number of aromatic nitrogens is 2. The fourth-order valence-corrected chi connectivity index (χ4v) is 14.3. The van der Waals surface area contributed by atoms with Crippen LogP contribution in [0, 0.1) is 0 Å². The Labute approximate surface area is 479 Å². The smallest absolute Gasteiger partial charge is 0.252 e. The van der Waals surface area contributed by atoms with Crippen LogP contribution in [0.15, 0.2) is 296 Å². The molecule has 0 saturated carbocycles. The second-order valence-electron chi connectivity index (χ2n) is 22.3. The molecule has 0 atom stereocenters. The van der Waals surface area contributed by atoms with Gasteiger partial charge in [0.05, 0.1) is 22.2 Å². The van der Waals surface area contributed by atoms with Gasteiger partial charge in [-0.1, -0.05) is 231 Å². The molecule has 3 aromatic heterocycles. The average Bonchev–Trinajstić information content (AvgIpc) is 1.82.